The van der Waals surface area contributed by atoms with Gasteiger partial charge in [0.2, 0.25) is 0 Å². The van der Waals surface area contributed by atoms with E-state index in [-0.39, 0.29) is 0 Å². The van der Waals surface area contributed by atoms with Crippen molar-refractivity contribution in [3.63, 3.8) is 0 Å². The molecule has 1 unspecified atom stereocenters. The molecule has 0 spiro atoms. The molecule has 0 aliphatic carbocycles. The molecule has 0 saturated heterocycles. The molecule has 2 aromatic carbocycles. The number of ether oxygens (including phenoxy) is 1. The second-order valence-electron chi connectivity index (χ2n) is 4.54. The van der Waals surface area contributed by atoms with Gasteiger partial charge < -0.3 is 15.2 Å². The molecule has 2 rings (SSSR count). The first-order valence-electron chi connectivity index (χ1n) is 6.55. The maximum Gasteiger partial charge on any atom is 0.119 e. The number of hydrogen-bond donors (Lipinski definition) is 2. The van der Waals surface area contributed by atoms with Gasteiger partial charge in [-0.3, -0.25) is 0 Å². The average Bonchev–Trinajstić information content (AvgIpc) is 2.48. The van der Waals surface area contributed by atoms with Crippen LogP contribution in [-0.2, 0) is 6.54 Å². The summed E-state index contributed by atoms with van der Waals surface area (Å²) in [6.07, 6.45) is -0.516. The van der Waals surface area contributed by atoms with Gasteiger partial charge in [0.05, 0.1) is 0 Å². The quantitative estimate of drug-likeness (QED) is 0.723. The van der Waals surface area contributed by atoms with Gasteiger partial charge in [0.25, 0.3) is 0 Å². The summed E-state index contributed by atoms with van der Waals surface area (Å²) in [5.41, 5.74) is 1.21. The zero-order valence-electron chi connectivity index (χ0n) is 11.1. The first-order chi connectivity index (χ1) is 9.74. The lowest BCUT2D eigenvalue weighted by Crippen LogP contribution is -2.31. The Labute approximate surface area is 133 Å². The molecule has 4 heteroatoms. The van der Waals surface area contributed by atoms with Gasteiger partial charge in [-0.2, -0.15) is 0 Å². The molecular formula is C16H18INO2. The van der Waals surface area contributed by atoms with Crippen molar-refractivity contribution < 1.29 is 9.84 Å². The molecule has 0 saturated carbocycles. The molecule has 1 atom stereocenters. The van der Waals surface area contributed by atoms with Crippen LogP contribution in [0.1, 0.15) is 5.56 Å². The van der Waals surface area contributed by atoms with E-state index in [4.69, 9.17) is 4.74 Å². The van der Waals surface area contributed by atoms with E-state index < -0.39 is 6.10 Å². The molecule has 0 amide bonds. The van der Waals surface area contributed by atoms with E-state index in [9.17, 15) is 5.11 Å². The Bertz CT molecular complexity index is 502. The molecule has 0 fully saturated rings. The molecule has 3 nitrogen and oxygen atoms in total. The summed E-state index contributed by atoms with van der Waals surface area (Å²) in [6.45, 7) is 1.56. The van der Waals surface area contributed by atoms with Crippen molar-refractivity contribution in [2.24, 2.45) is 0 Å². The maximum atomic E-state index is 9.85. The highest BCUT2D eigenvalue weighted by molar-refractivity contribution is 14.1. The summed E-state index contributed by atoms with van der Waals surface area (Å²) in [4.78, 5) is 0. The van der Waals surface area contributed by atoms with Crippen molar-refractivity contribution in [3.05, 3.63) is 63.7 Å². The van der Waals surface area contributed by atoms with E-state index in [1.165, 1.54) is 9.13 Å². The molecule has 0 aliphatic heterocycles. The first-order valence-corrected chi connectivity index (χ1v) is 7.63. The summed E-state index contributed by atoms with van der Waals surface area (Å²) in [7, 11) is 0. The molecule has 0 bridgehead atoms. The fourth-order valence-corrected chi connectivity index (χ4v) is 2.12. The molecule has 0 aliphatic rings. The lowest BCUT2D eigenvalue weighted by atomic mass is 10.2. The van der Waals surface area contributed by atoms with Gasteiger partial charge >= 0.3 is 0 Å². The van der Waals surface area contributed by atoms with Crippen LogP contribution in [0.5, 0.6) is 5.75 Å². The van der Waals surface area contributed by atoms with Crippen molar-refractivity contribution in [3.8, 4) is 5.75 Å². The van der Waals surface area contributed by atoms with Crippen LogP contribution in [0.15, 0.2) is 54.6 Å². The maximum absolute atomic E-state index is 9.85. The van der Waals surface area contributed by atoms with Crippen LogP contribution in [0.25, 0.3) is 0 Å². The number of benzene rings is 2. The van der Waals surface area contributed by atoms with Crippen LogP contribution in [0.3, 0.4) is 0 Å². The van der Waals surface area contributed by atoms with Crippen LogP contribution < -0.4 is 10.1 Å². The van der Waals surface area contributed by atoms with Crippen molar-refractivity contribution in [2.45, 2.75) is 12.6 Å². The number of aliphatic hydroxyl groups is 1. The van der Waals surface area contributed by atoms with E-state index in [1.807, 2.05) is 42.5 Å². The van der Waals surface area contributed by atoms with Gasteiger partial charge in [-0.15, -0.1) is 0 Å². The van der Waals surface area contributed by atoms with E-state index in [0.717, 1.165) is 12.3 Å². The second-order valence-corrected chi connectivity index (χ2v) is 5.78. The van der Waals surface area contributed by atoms with Crippen molar-refractivity contribution in [1.29, 1.82) is 0 Å². The van der Waals surface area contributed by atoms with E-state index in [2.05, 4.69) is 40.0 Å². The first kappa shape index (κ1) is 15.3. The summed E-state index contributed by atoms with van der Waals surface area (Å²) < 4.78 is 6.70. The Morgan fingerprint density at radius 1 is 1.05 bits per heavy atom. The molecule has 0 radical (unpaired) electrons. The Hall–Kier alpha value is -1.11. The topological polar surface area (TPSA) is 41.5 Å². The van der Waals surface area contributed by atoms with Crippen molar-refractivity contribution in [1.82, 2.24) is 5.32 Å². The number of aliphatic hydroxyl groups excluding tert-OH is 1. The lowest BCUT2D eigenvalue weighted by Gasteiger charge is -2.13. The van der Waals surface area contributed by atoms with Crippen LogP contribution in [0, 0.1) is 3.57 Å². The summed E-state index contributed by atoms with van der Waals surface area (Å²) >= 11 is 2.25. The number of hydrogen-bond acceptors (Lipinski definition) is 3. The number of halogens is 1. The number of rotatable bonds is 7. The number of nitrogens with one attached hydrogen (secondary N) is 1. The Balaban J connectivity index is 1.65. The lowest BCUT2D eigenvalue weighted by molar-refractivity contribution is 0.106. The predicted octanol–water partition coefficient (Wildman–Crippen LogP) is 2.82. The molecule has 0 heterocycles. The molecular weight excluding hydrogens is 365 g/mol. The largest absolute Gasteiger partial charge is 0.491 e. The smallest absolute Gasteiger partial charge is 0.119 e. The van der Waals surface area contributed by atoms with Gasteiger partial charge in [0.15, 0.2) is 0 Å². The minimum absolute atomic E-state index is 0.294. The minimum Gasteiger partial charge on any atom is -0.491 e. The highest BCUT2D eigenvalue weighted by Gasteiger charge is 2.05. The van der Waals surface area contributed by atoms with Crippen LogP contribution in [0.4, 0.5) is 0 Å². The van der Waals surface area contributed by atoms with Crippen LogP contribution in [0.2, 0.25) is 0 Å². The van der Waals surface area contributed by atoms with Gasteiger partial charge in [0.1, 0.15) is 18.5 Å². The fourth-order valence-electron chi connectivity index (χ4n) is 1.76. The molecule has 0 aromatic heterocycles. The summed E-state index contributed by atoms with van der Waals surface area (Å²) in [5.74, 6) is 0.785. The summed E-state index contributed by atoms with van der Waals surface area (Å²) in [6, 6.07) is 17.9. The van der Waals surface area contributed by atoms with E-state index in [0.29, 0.717) is 13.2 Å². The van der Waals surface area contributed by atoms with Crippen LogP contribution >= 0.6 is 22.6 Å². The fraction of sp³-hybridized carbons (Fsp3) is 0.250. The third-order valence-electron chi connectivity index (χ3n) is 2.81. The monoisotopic (exact) mass is 383 g/mol. The highest BCUT2D eigenvalue weighted by Crippen LogP contribution is 2.13. The Kier molecular flexibility index (Phi) is 6.29. The Morgan fingerprint density at radius 2 is 1.75 bits per heavy atom. The summed E-state index contributed by atoms with van der Waals surface area (Å²) in [5, 5.41) is 13.1. The van der Waals surface area contributed by atoms with Gasteiger partial charge in [-0.1, -0.05) is 30.3 Å². The van der Waals surface area contributed by atoms with Gasteiger partial charge in [-0.05, 0) is 52.4 Å². The zero-order chi connectivity index (χ0) is 14.2. The Morgan fingerprint density at radius 3 is 2.45 bits per heavy atom. The third-order valence-corrected chi connectivity index (χ3v) is 3.53. The SMILES string of the molecule is OC(CNCc1ccccc1)COc1ccc(I)cc1. The zero-order valence-corrected chi connectivity index (χ0v) is 13.3. The van der Waals surface area contributed by atoms with Gasteiger partial charge in [-0.25, -0.2) is 0 Å². The standard InChI is InChI=1S/C16H18INO2/c17-14-6-8-16(9-7-14)20-12-15(19)11-18-10-13-4-2-1-3-5-13/h1-9,15,18-19H,10-12H2. The van der Waals surface area contributed by atoms with Crippen molar-refractivity contribution >= 4 is 22.6 Å². The molecule has 106 valence electrons. The molecule has 20 heavy (non-hydrogen) atoms. The highest BCUT2D eigenvalue weighted by atomic mass is 127. The van der Waals surface area contributed by atoms with E-state index >= 15 is 0 Å². The van der Waals surface area contributed by atoms with Crippen molar-refractivity contribution in [2.75, 3.05) is 13.2 Å². The normalized spacial score (nSPS) is 12.1. The van der Waals surface area contributed by atoms with Gasteiger partial charge in [0, 0.05) is 16.7 Å². The van der Waals surface area contributed by atoms with E-state index in [1.54, 1.807) is 0 Å². The average molecular weight is 383 g/mol. The molecule has 2 aromatic rings. The third kappa shape index (κ3) is 5.48. The minimum atomic E-state index is -0.516. The second kappa shape index (κ2) is 8.24. The van der Waals surface area contributed by atoms with Crippen LogP contribution in [-0.4, -0.2) is 24.4 Å². The molecule has 2 N–H and O–H groups in total. The predicted molar refractivity (Wildman–Crippen MR) is 88.8 cm³/mol.